The molecule has 0 saturated carbocycles. The van der Waals surface area contributed by atoms with Gasteiger partial charge >= 0.3 is 0 Å². The topological polar surface area (TPSA) is 45.2 Å². The fraction of sp³-hybridized carbons (Fsp3) is 0.320. The van der Waals surface area contributed by atoms with E-state index in [1.807, 2.05) is 67.1 Å². The second-order valence-electron chi connectivity index (χ2n) is 8.13. The fourth-order valence-electron chi connectivity index (χ4n) is 3.40. The molecule has 1 atom stereocenters. The molecule has 0 radical (unpaired) electrons. The first-order chi connectivity index (χ1) is 15.5. The first kappa shape index (κ1) is 22.3. The molecule has 0 aromatic heterocycles. The van der Waals surface area contributed by atoms with Gasteiger partial charge < -0.3 is 14.4 Å². The van der Waals surface area contributed by atoms with Gasteiger partial charge in [0.15, 0.2) is 0 Å². The van der Waals surface area contributed by atoms with Crippen LogP contribution in [0.3, 0.4) is 0 Å². The summed E-state index contributed by atoms with van der Waals surface area (Å²) in [6.07, 6.45) is 3.99. The SMILES string of the molecule is CC(COc1ccc(N2C(=O)CC3=C(C=COC3)N2SCc2ccccc2)cc1)N(C)C. The van der Waals surface area contributed by atoms with Crippen molar-refractivity contribution < 1.29 is 14.3 Å². The van der Waals surface area contributed by atoms with Gasteiger partial charge in [0.05, 0.1) is 24.1 Å². The molecule has 2 aliphatic rings. The minimum Gasteiger partial charge on any atom is -0.497 e. The summed E-state index contributed by atoms with van der Waals surface area (Å²) in [4.78, 5) is 15.3. The molecular weight excluding hydrogens is 422 g/mol. The Labute approximate surface area is 194 Å². The summed E-state index contributed by atoms with van der Waals surface area (Å²) >= 11 is 1.60. The van der Waals surface area contributed by atoms with Crippen LogP contribution in [0.5, 0.6) is 5.75 Å². The summed E-state index contributed by atoms with van der Waals surface area (Å²) in [5, 5.41) is 1.76. The number of ether oxygens (including phenoxy) is 2. The predicted molar refractivity (Wildman–Crippen MR) is 129 cm³/mol. The molecule has 7 heteroatoms. The van der Waals surface area contributed by atoms with Gasteiger partial charge in [0.2, 0.25) is 0 Å². The van der Waals surface area contributed by atoms with Crippen LogP contribution in [0, 0.1) is 0 Å². The predicted octanol–water partition coefficient (Wildman–Crippen LogP) is 4.62. The van der Waals surface area contributed by atoms with Crippen LogP contribution in [0.25, 0.3) is 0 Å². The quantitative estimate of drug-likeness (QED) is 0.546. The molecule has 2 aromatic carbocycles. The Morgan fingerprint density at radius 1 is 1.12 bits per heavy atom. The van der Waals surface area contributed by atoms with Crippen molar-refractivity contribution in [1.82, 2.24) is 9.31 Å². The number of hydrazine groups is 1. The van der Waals surface area contributed by atoms with Gasteiger partial charge in [-0.05, 0) is 68.9 Å². The van der Waals surface area contributed by atoms with E-state index in [1.54, 1.807) is 23.2 Å². The Balaban J connectivity index is 1.55. The number of carbonyl (C=O) groups is 1. The number of hydrogen-bond donors (Lipinski definition) is 0. The van der Waals surface area contributed by atoms with Gasteiger partial charge in [0, 0.05) is 17.4 Å². The lowest BCUT2D eigenvalue weighted by atomic mass is 10.1. The lowest BCUT2D eigenvalue weighted by Gasteiger charge is -2.41. The average Bonchev–Trinajstić information content (AvgIpc) is 2.81. The van der Waals surface area contributed by atoms with Gasteiger partial charge in [0.1, 0.15) is 19.0 Å². The largest absolute Gasteiger partial charge is 0.497 e. The molecule has 6 nitrogen and oxygen atoms in total. The second kappa shape index (κ2) is 10.1. The van der Waals surface area contributed by atoms with Crippen LogP contribution in [-0.4, -0.2) is 48.6 Å². The molecule has 2 aromatic rings. The van der Waals surface area contributed by atoms with Crippen molar-refractivity contribution in [3.63, 3.8) is 0 Å². The molecule has 4 rings (SSSR count). The Morgan fingerprint density at radius 3 is 2.59 bits per heavy atom. The summed E-state index contributed by atoms with van der Waals surface area (Å²) < 4.78 is 13.4. The monoisotopic (exact) mass is 451 g/mol. The van der Waals surface area contributed by atoms with E-state index in [2.05, 4.69) is 24.0 Å². The Morgan fingerprint density at radius 2 is 1.88 bits per heavy atom. The molecule has 1 amide bonds. The third-order valence-electron chi connectivity index (χ3n) is 5.58. The highest BCUT2D eigenvalue weighted by Crippen LogP contribution is 2.37. The van der Waals surface area contributed by atoms with Crippen LogP contribution in [0.2, 0.25) is 0 Å². The molecule has 0 N–H and O–H groups in total. The van der Waals surface area contributed by atoms with Crippen molar-refractivity contribution in [1.29, 1.82) is 0 Å². The number of benzene rings is 2. The van der Waals surface area contributed by atoms with Crippen molar-refractivity contribution in [3.8, 4) is 5.75 Å². The van der Waals surface area contributed by atoms with Crippen LogP contribution in [0.15, 0.2) is 78.2 Å². The van der Waals surface area contributed by atoms with Crippen molar-refractivity contribution >= 4 is 23.5 Å². The first-order valence-electron chi connectivity index (χ1n) is 10.7. The minimum atomic E-state index is 0.0260. The maximum Gasteiger partial charge on any atom is 0.250 e. The first-order valence-corrected chi connectivity index (χ1v) is 11.7. The second-order valence-corrected chi connectivity index (χ2v) is 9.03. The van der Waals surface area contributed by atoms with E-state index in [0.29, 0.717) is 25.7 Å². The number of hydrogen-bond acceptors (Lipinski definition) is 6. The van der Waals surface area contributed by atoms with Crippen LogP contribution >= 0.6 is 11.9 Å². The van der Waals surface area contributed by atoms with Gasteiger partial charge in [-0.1, -0.05) is 30.3 Å². The van der Waals surface area contributed by atoms with E-state index in [0.717, 1.165) is 28.5 Å². The number of carbonyl (C=O) groups excluding carboxylic acids is 1. The fourth-order valence-corrected chi connectivity index (χ4v) is 4.49. The van der Waals surface area contributed by atoms with Crippen molar-refractivity contribution in [2.45, 2.75) is 25.1 Å². The lowest BCUT2D eigenvalue weighted by Crippen LogP contribution is -2.46. The molecule has 0 bridgehead atoms. The number of amides is 1. The Hall–Kier alpha value is -2.90. The summed E-state index contributed by atoms with van der Waals surface area (Å²) in [6, 6.07) is 18.3. The standard InChI is InChI=1S/C25H29N3O3S/c1-19(26(2)3)16-31-23-11-9-22(10-12-23)27-25(29)15-21-17-30-14-13-24(21)28(27)32-18-20-7-5-4-6-8-20/h4-14,19H,15-18H2,1-3H3. The highest BCUT2D eigenvalue weighted by molar-refractivity contribution is 7.96. The highest BCUT2D eigenvalue weighted by Gasteiger charge is 2.34. The number of anilines is 1. The van der Waals surface area contributed by atoms with Crippen LogP contribution in [-0.2, 0) is 15.3 Å². The van der Waals surface area contributed by atoms with E-state index >= 15 is 0 Å². The van der Waals surface area contributed by atoms with Crippen LogP contribution in [0.4, 0.5) is 5.69 Å². The summed E-state index contributed by atoms with van der Waals surface area (Å²) in [5.74, 6) is 1.57. The molecular formula is C25H29N3O3S. The molecule has 0 saturated heterocycles. The lowest BCUT2D eigenvalue weighted by molar-refractivity contribution is -0.120. The smallest absolute Gasteiger partial charge is 0.250 e. The Bertz CT molecular complexity index is 989. The minimum absolute atomic E-state index is 0.0260. The average molecular weight is 452 g/mol. The normalized spacial score (nSPS) is 16.8. The summed E-state index contributed by atoms with van der Waals surface area (Å²) in [5.41, 5.74) is 4.03. The number of rotatable bonds is 8. The zero-order valence-corrected chi connectivity index (χ0v) is 19.5. The molecule has 0 aliphatic carbocycles. The molecule has 0 fully saturated rings. The molecule has 32 heavy (non-hydrogen) atoms. The number of nitrogens with zero attached hydrogens (tertiary/aromatic N) is 3. The van der Waals surface area contributed by atoms with Crippen molar-refractivity contribution in [3.05, 3.63) is 83.8 Å². The highest BCUT2D eigenvalue weighted by atomic mass is 32.2. The van der Waals surface area contributed by atoms with Crippen LogP contribution < -0.4 is 9.75 Å². The Kier molecular flexibility index (Phi) is 7.07. The van der Waals surface area contributed by atoms with Crippen molar-refractivity contribution in [2.75, 3.05) is 32.3 Å². The maximum absolute atomic E-state index is 13.2. The van der Waals surface area contributed by atoms with E-state index in [-0.39, 0.29) is 5.91 Å². The summed E-state index contributed by atoms with van der Waals surface area (Å²) in [6.45, 7) is 3.18. The molecule has 0 spiro atoms. The molecule has 168 valence electrons. The van der Waals surface area contributed by atoms with Gasteiger partial charge in [0.25, 0.3) is 5.91 Å². The van der Waals surface area contributed by atoms with Gasteiger partial charge in [-0.3, -0.25) is 4.79 Å². The van der Waals surface area contributed by atoms with E-state index in [1.165, 1.54) is 5.56 Å². The molecule has 2 heterocycles. The third kappa shape index (κ3) is 5.11. The third-order valence-corrected chi connectivity index (χ3v) is 6.65. The van der Waals surface area contributed by atoms with E-state index < -0.39 is 0 Å². The molecule has 1 unspecified atom stereocenters. The summed E-state index contributed by atoms with van der Waals surface area (Å²) in [7, 11) is 4.07. The zero-order chi connectivity index (χ0) is 22.5. The van der Waals surface area contributed by atoms with Gasteiger partial charge in [-0.15, -0.1) is 0 Å². The zero-order valence-electron chi connectivity index (χ0n) is 18.7. The van der Waals surface area contributed by atoms with E-state index in [4.69, 9.17) is 9.47 Å². The van der Waals surface area contributed by atoms with Crippen molar-refractivity contribution in [2.24, 2.45) is 0 Å². The van der Waals surface area contributed by atoms with Gasteiger partial charge in [-0.25, -0.2) is 9.42 Å². The number of likely N-dealkylation sites (N-methyl/N-ethyl adjacent to an activating group) is 1. The van der Waals surface area contributed by atoms with Crippen LogP contribution in [0.1, 0.15) is 18.9 Å². The number of allylic oxidation sites excluding steroid dienone is 1. The molecule has 2 aliphatic heterocycles. The van der Waals surface area contributed by atoms with E-state index in [9.17, 15) is 4.79 Å². The maximum atomic E-state index is 13.2. The van der Waals surface area contributed by atoms with Gasteiger partial charge in [-0.2, -0.15) is 0 Å².